The molecule has 0 saturated carbocycles. The lowest BCUT2D eigenvalue weighted by Crippen LogP contribution is -2.59. The molecule has 61 heavy (non-hydrogen) atoms. The molecule has 1 unspecified atom stereocenters. The van der Waals surface area contributed by atoms with E-state index in [-0.39, 0.29) is 74.2 Å². The fraction of sp³-hybridized carbons (Fsp3) is 0.410. The van der Waals surface area contributed by atoms with Gasteiger partial charge in [-0.3, -0.25) is 34.2 Å². The number of aliphatic carboxylic acids is 2. The van der Waals surface area contributed by atoms with Crippen molar-refractivity contribution in [2.75, 3.05) is 52.7 Å². The molecule has 0 aliphatic carbocycles. The summed E-state index contributed by atoms with van der Waals surface area (Å²) in [6.45, 7) is -0.984. The number of aliphatic hydroxyl groups excluding tert-OH is 1. The van der Waals surface area contributed by atoms with Crippen molar-refractivity contribution in [1.82, 2.24) is 31.1 Å². The van der Waals surface area contributed by atoms with Gasteiger partial charge < -0.3 is 66.3 Å². The molecule has 328 valence electrons. The lowest BCUT2D eigenvalue weighted by Gasteiger charge is -2.39. The zero-order valence-electron chi connectivity index (χ0n) is 32.9. The number of nitrogens with one attached hydrogen (secondary N) is 6. The van der Waals surface area contributed by atoms with E-state index in [1.165, 1.54) is 6.07 Å². The zero-order valence-corrected chi connectivity index (χ0v) is 32.9. The number of aldehydes is 1. The summed E-state index contributed by atoms with van der Waals surface area (Å²) in [5, 5.41) is 46.7. The second-order valence-electron chi connectivity index (χ2n) is 14.0. The predicted octanol–water partition coefficient (Wildman–Crippen LogP) is -1.89. The third kappa shape index (κ3) is 13.4. The van der Waals surface area contributed by atoms with Gasteiger partial charge >= 0.3 is 17.8 Å². The van der Waals surface area contributed by atoms with Gasteiger partial charge in [0.2, 0.25) is 23.6 Å². The summed E-state index contributed by atoms with van der Waals surface area (Å²) in [7, 11) is 0. The van der Waals surface area contributed by atoms with Gasteiger partial charge in [0.1, 0.15) is 43.6 Å². The first-order valence-corrected chi connectivity index (χ1v) is 19.1. The van der Waals surface area contributed by atoms with Crippen molar-refractivity contribution in [2.24, 2.45) is 5.73 Å². The van der Waals surface area contributed by atoms with Crippen LogP contribution in [0.4, 0.5) is 5.88 Å². The molecule has 4 amide bonds. The molecule has 2 aromatic carbocycles. The normalized spacial score (nSPS) is 15.2. The monoisotopic (exact) mass is 853 g/mol. The van der Waals surface area contributed by atoms with Crippen LogP contribution >= 0.6 is 0 Å². The molecular formula is C39H49N8O14+. The Labute approximate surface area is 347 Å². The number of carboxylic acids is 2. The van der Waals surface area contributed by atoms with E-state index in [4.69, 9.17) is 30.1 Å². The first kappa shape index (κ1) is 46.9. The molecule has 1 saturated heterocycles. The van der Waals surface area contributed by atoms with Crippen LogP contribution in [0.1, 0.15) is 25.7 Å². The highest BCUT2D eigenvalue weighted by Gasteiger charge is 2.39. The first-order chi connectivity index (χ1) is 29.2. The van der Waals surface area contributed by atoms with Crippen LogP contribution in [-0.4, -0.2) is 140 Å². The first-order valence-electron chi connectivity index (χ1n) is 19.1. The number of benzene rings is 2. The molecule has 0 radical (unpaired) electrons. The van der Waals surface area contributed by atoms with Gasteiger partial charge in [0.15, 0.2) is 23.7 Å². The Morgan fingerprint density at radius 3 is 2.25 bits per heavy atom. The SMILES string of the molecule is N=C(N)NCCC[C@H](NC(=O)C(CC=O)OC[N+]1(c2cc(=O)c3cccc(-c4ccccc4)c3o2)CCOCC1)C(=O)NCC(=O)N[C@@H](CC(=O)O)C(=O)N[C@@H](CO)C(=O)O. The van der Waals surface area contributed by atoms with Gasteiger partial charge in [-0.1, -0.05) is 42.5 Å². The Morgan fingerprint density at radius 1 is 0.902 bits per heavy atom. The van der Waals surface area contributed by atoms with Gasteiger partial charge in [-0.05, 0) is 24.5 Å². The number of quaternary nitrogens is 1. The molecule has 22 heteroatoms. The van der Waals surface area contributed by atoms with E-state index in [1.54, 1.807) is 12.1 Å². The van der Waals surface area contributed by atoms with Crippen LogP contribution < -0.4 is 42.2 Å². The van der Waals surface area contributed by atoms with E-state index < -0.39 is 85.8 Å². The van der Waals surface area contributed by atoms with Gasteiger partial charge in [0.25, 0.3) is 0 Å². The number of carboxylic acid groups (broad SMARTS) is 2. The molecule has 0 spiro atoms. The number of rotatable bonds is 23. The van der Waals surface area contributed by atoms with Gasteiger partial charge in [-0.25, -0.2) is 9.28 Å². The molecular weight excluding hydrogens is 804 g/mol. The lowest BCUT2D eigenvalue weighted by atomic mass is 10.0. The van der Waals surface area contributed by atoms with Gasteiger partial charge in [-0.15, -0.1) is 0 Å². The van der Waals surface area contributed by atoms with E-state index in [0.717, 1.165) is 5.56 Å². The number of nitrogens with two attached hydrogens (primary N) is 1. The number of hydrogen-bond donors (Lipinski definition) is 10. The molecule has 1 fully saturated rings. The smallest absolute Gasteiger partial charge is 0.328 e. The van der Waals surface area contributed by atoms with Crippen LogP contribution in [0.25, 0.3) is 22.1 Å². The van der Waals surface area contributed by atoms with E-state index in [2.05, 4.69) is 21.3 Å². The number of hydrogen-bond acceptors (Lipinski definition) is 13. The fourth-order valence-corrected chi connectivity index (χ4v) is 6.36. The van der Waals surface area contributed by atoms with E-state index in [1.807, 2.05) is 41.7 Å². The lowest BCUT2D eigenvalue weighted by molar-refractivity contribution is -0.144. The molecule has 1 aliphatic heterocycles. The van der Waals surface area contributed by atoms with Crippen LogP contribution in [0.5, 0.6) is 0 Å². The highest BCUT2D eigenvalue weighted by Crippen LogP contribution is 2.33. The minimum atomic E-state index is -1.80. The van der Waals surface area contributed by atoms with Gasteiger partial charge in [0.05, 0.1) is 44.2 Å². The average Bonchev–Trinajstić information content (AvgIpc) is 3.24. The minimum Gasteiger partial charge on any atom is -0.481 e. The number of carbonyl (C=O) groups excluding carboxylic acids is 5. The van der Waals surface area contributed by atoms with Crippen molar-refractivity contribution in [3.63, 3.8) is 0 Å². The molecule has 4 rings (SSSR count). The summed E-state index contributed by atoms with van der Waals surface area (Å²) in [6, 6.07) is 11.0. The quantitative estimate of drug-likeness (QED) is 0.0164. The van der Waals surface area contributed by atoms with Gasteiger partial charge in [0, 0.05) is 18.5 Å². The zero-order chi connectivity index (χ0) is 44.5. The van der Waals surface area contributed by atoms with Crippen LogP contribution in [0.2, 0.25) is 0 Å². The average molecular weight is 854 g/mol. The summed E-state index contributed by atoms with van der Waals surface area (Å²) >= 11 is 0. The number of para-hydroxylation sites is 1. The molecule has 2 heterocycles. The summed E-state index contributed by atoms with van der Waals surface area (Å²) in [5.74, 6) is -7.35. The maximum absolute atomic E-state index is 13.8. The molecule has 4 atom stereocenters. The topological polar surface area (TPSA) is 339 Å². The summed E-state index contributed by atoms with van der Waals surface area (Å²) in [6.07, 6.45) is -2.35. The summed E-state index contributed by atoms with van der Waals surface area (Å²) < 4.78 is 18.1. The minimum absolute atomic E-state index is 0.0849. The van der Waals surface area contributed by atoms with E-state index >= 15 is 0 Å². The summed E-state index contributed by atoms with van der Waals surface area (Å²) in [4.78, 5) is 101. The number of carbonyl (C=O) groups is 7. The van der Waals surface area contributed by atoms with E-state index in [0.29, 0.717) is 22.8 Å². The number of guanidine groups is 1. The number of amides is 4. The highest BCUT2D eigenvalue weighted by atomic mass is 16.5. The Hall–Kier alpha value is -6.75. The second kappa shape index (κ2) is 22.6. The van der Waals surface area contributed by atoms with Crippen LogP contribution in [0.15, 0.2) is 63.8 Å². The second-order valence-corrected chi connectivity index (χ2v) is 14.0. The number of fused-ring (bicyclic) bond motifs is 1. The number of morpholine rings is 1. The highest BCUT2D eigenvalue weighted by molar-refractivity contribution is 5.96. The Kier molecular flexibility index (Phi) is 17.4. The number of aliphatic hydroxyl groups is 1. The summed E-state index contributed by atoms with van der Waals surface area (Å²) in [5.41, 5.74) is 6.88. The number of nitrogens with zero attached hydrogens (tertiary/aromatic N) is 1. The Morgan fingerprint density at radius 2 is 1.61 bits per heavy atom. The molecule has 3 aromatic rings. The molecule has 1 aromatic heterocycles. The van der Waals surface area contributed by atoms with Crippen molar-refractivity contribution in [2.45, 2.75) is 49.9 Å². The van der Waals surface area contributed by atoms with E-state index in [9.17, 15) is 48.6 Å². The molecule has 11 N–H and O–H groups in total. The molecule has 1 aliphatic rings. The third-order valence-corrected chi connectivity index (χ3v) is 9.62. The fourth-order valence-electron chi connectivity index (χ4n) is 6.36. The van der Waals surface area contributed by atoms with Crippen molar-refractivity contribution < 1.29 is 62.8 Å². The molecule has 22 nitrogen and oxygen atoms in total. The number of ether oxygens (including phenoxy) is 2. The van der Waals surface area contributed by atoms with Crippen molar-refractivity contribution >= 4 is 64.7 Å². The van der Waals surface area contributed by atoms with Crippen molar-refractivity contribution in [1.29, 1.82) is 5.41 Å². The standard InChI is InChI=1S/C39H48N8O14/c40-39(41)42-12-5-10-26(35(54)43-20-31(51)44-27(18-33(52)53)36(55)46-28(21-49)38(57)58)45-37(56)30(11-15-48)60-22-47(13-16-59-17-14-47)32-19-29(50)25-9-4-8-24(34(25)61-32)23-6-2-1-3-7-23/h1-4,6-9,15,19,26-28,30,49H,5,10-14,16-18,20-22H2,(H9-,40,41,42,43,44,45,46,51,52,53,54,55,56,57,58)/p+1/t26-,27-,28-,30?/m0/s1. The van der Waals surface area contributed by atoms with Crippen LogP contribution in [0, 0.1) is 5.41 Å². The van der Waals surface area contributed by atoms with Crippen LogP contribution in [0.3, 0.4) is 0 Å². The van der Waals surface area contributed by atoms with Crippen molar-refractivity contribution in [3.05, 3.63) is 64.8 Å². The van der Waals surface area contributed by atoms with Crippen LogP contribution in [-0.2, 0) is 43.0 Å². The predicted molar refractivity (Wildman–Crippen MR) is 216 cm³/mol. The van der Waals surface area contributed by atoms with Gasteiger partial charge in [-0.2, -0.15) is 0 Å². The maximum atomic E-state index is 13.8. The van der Waals surface area contributed by atoms with Crippen molar-refractivity contribution in [3.8, 4) is 11.1 Å². The largest absolute Gasteiger partial charge is 0.481 e. The third-order valence-electron chi connectivity index (χ3n) is 9.62. The Bertz CT molecular complexity index is 2130. The maximum Gasteiger partial charge on any atom is 0.328 e. The molecule has 0 bridgehead atoms. The Balaban J connectivity index is 1.51.